The third-order valence-corrected chi connectivity index (χ3v) is 4.55. The van der Waals surface area contributed by atoms with Crippen LogP contribution in [-0.4, -0.2) is 34.8 Å². The van der Waals surface area contributed by atoms with Gasteiger partial charge in [-0.15, -0.1) is 0 Å². The first-order chi connectivity index (χ1) is 9.42. The molecule has 0 radical (unpaired) electrons. The van der Waals surface area contributed by atoms with Crippen LogP contribution in [0.25, 0.3) is 0 Å². The van der Waals surface area contributed by atoms with E-state index in [1.54, 1.807) is 0 Å². The molecule has 0 spiro atoms. The molecule has 1 fully saturated rings. The van der Waals surface area contributed by atoms with Crippen LogP contribution in [-0.2, 0) is 9.59 Å². The minimum Gasteiger partial charge on any atom is -0.342 e. The quantitative estimate of drug-likeness (QED) is 0.780. The molecule has 0 bridgehead atoms. The van der Waals surface area contributed by atoms with Gasteiger partial charge in [-0.3, -0.25) is 9.59 Å². The molecule has 1 aliphatic heterocycles. The van der Waals surface area contributed by atoms with E-state index in [1.807, 2.05) is 25.7 Å². The maximum atomic E-state index is 12.6. The summed E-state index contributed by atoms with van der Waals surface area (Å²) < 4.78 is 0. The third-order valence-electron chi connectivity index (χ3n) is 4.55. The van der Waals surface area contributed by atoms with Crippen LogP contribution >= 0.6 is 0 Å². The molecule has 0 saturated carbocycles. The lowest BCUT2D eigenvalue weighted by Gasteiger charge is -2.47. The molecule has 0 aromatic carbocycles. The molecule has 0 aromatic rings. The Bertz CT molecular complexity index is 348. The summed E-state index contributed by atoms with van der Waals surface area (Å²) >= 11 is 0. The highest BCUT2D eigenvalue weighted by Gasteiger charge is 2.49. The Morgan fingerprint density at radius 1 is 1.20 bits per heavy atom. The summed E-state index contributed by atoms with van der Waals surface area (Å²) in [5.41, 5.74) is -0.639. The Morgan fingerprint density at radius 3 is 2.25 bits per heavy atom. The number of carbonyl (C=O) groups excluding carboxylic acids is 2. The summed E-state index contributed by atoms with van der Waals surface area (Å²) in [5, 5.41) is 2.91. The van der Waals surface area contributed by atoms with Crippen molar-refractivity contribution in [3.8, 4) is 0 Å². The molecule has 116 valence electrons. The van der Waals surface area contributed by atoms with Gasteiger partial charge in [-0.25, -0.2) is 0 Å². The largest absolute Gasteiger partial charge is 0.342 e. The van der Waals surface area contributed by atoms with Gasteiger partial charge >= 0.3 is 0 Å². The molecule has 20 heavy (non-hydrogen) atoms. The second-order valence-electron chi connectivity index (χ2n) is 6.20. The van der Waals surface area contributed by atoms with Crippen molar-refractivity contribution in [2.75, 3.05) is 6.54 Å². The third kappa shape index (κ3) is 3.15. The summed E-state index contributed by atoms with van der Waals surface area (Å²) in [4.78, 5) is 27.0. The average Bonchev–Trinajstić information content (AvgIpc) is 2.42. The zero-order chi connectivity index (χ0) is 15.3. The fourth-order valence-corrected chi connectivity index (χ4v) is 3.09. The van der Waals surface area contributed by atoms with Crippen LogP contribution < -0.4 is 5.32 Å². The highest BCUT2D eigenvalue weighted by atomic mass is 16.2. The van der Waals surface area contributed by atoms with Crippen LogP contribution in [0.3, 0.4) is 0 Å². The first-order valence-corrected chi connectivity index (χ1v) is 8.05. The topological polar surface area (TPSA) is 49.4 Å². The Labute approximate surface area is 123 Å². The van der Waals surface area contributed by atoms with Gasteiger partial charge in [0.05, 0.1) is 0 Å². The smallest absolute Gasteiger partial charge is 0.246 e. The van der Waals surface area contributed by atoms with Crippen LogP contribution in [0.5, 0.6) is 0 Å². The van der Waals surface area contributed by atoms with Crippen molar-refractivity contribution in [2.45, 2.75) is 78.3 Å². The van der Waals surface area contributed by atoms with Crippen LogP contribution in [0.4, 0.5) is 0 Å². The maximum Gasteiger partial charge on any atom is 0.246 e. The van der Waals surface area contributed by atoms with Gasteiger partial charge in [0.2, 0.25) is 11.8 Å². The van der Waals surface area contributed by atoms with Crippen molar-refractivity contribution in [1.29, 1.82) is 0 Å². The minimum absolute atomic E-state index is 0.0264. The minimum atomic E-state index is -0.639. The zero-order valence-electron chi connectivity index (χ0n) is 13.7. The van der Waals surface area contributed by atoms with Crippen LogP contribution in [0.15, 0.2) is 0 Å². The van der Waals surface area contributed by atoms with Gasteiger partial charge in [-0.2, -0.15) is 0 Å². The van der Waals surface area contributed by atoms with Crippen molar-refractivity contribution in [3.05, 3.63) is 0 Å². The molecular formula is C16H30N2O2. The van der Waals surface area contributed by atoms with Gasteiger partial charge < -0.3 is 10.2 Å². The number of carbonyl (C=O) groups is 2. The fraction of sp³-hybridized carbons (Fsp3) is 0.875. The van der Waals surface area contributed by atoms with Gasteiger partial charge in [0.1, 0.15) is 11.6 Å². The highest BCUT2D eigenvalue weighted by molar-refractivity contribution is 5.99. The number of piperazine rings is 1. The average molecular weight is 282 g/mol. The fourth-order valence-electron chi connectivity index (χ4n) is 3.09. The van der Waals surface area contributed by atoms with Gasteiger partial charge in [-0.05, 0) is 38.0 Å². The molecule has 0 aromatic heterocycles. The molecule has 1 rings (SSSR count). The van der Waals surface area contributed by atoms with E-state index >= 15 is 0 Å². The van der Waals surface area contributed by atoms with Crippen molar-refractivity contribution in [3.63, 3.8) is 0 Å². The summed E-state index contributed by atoms with van der Waals surface area (Å²) in [7, 11) is 0. The molecule has 1 heterocycles. The maximum absolute atomic E-state index is 12.6. The predicted molar refractivity (Wildman–Crippen MR) is 81.3 cm³/mol. The number of amides is 2. The van der Waals surface area contributed by atoms with Crippen molar-refractivity contribution in [2.24, 2.45) is 5.92 Å². The molecule has 1 N–H and O–H groups in total. The second-order valence-corrected chi connectivity index (χ2v) is 6.20. The van der Waals surface area contributed by atoms with E-state index in [0.717, 1.165) is 12.8 Å². The number of hydrogen-bond donors (Lipinski definition) is 1. The molecule has 1 saturated heterocycles. The molecule has 1 aliphatic rings. The van der Waals surface area contributed by atoms with E-state index in [2.05, 4.69) is 19.2 Å². The van der Waals surface area contributed by atoms with Crippen molar-refractivity contribution in [1.82, 2.24) is 10.2 Å². The summed E-state index contributed by atoms with van der Waals surface area (Å²) in [6.45, 7) is 11.0. The van der Waals surface area contributed by atoms with E-state index in [9.17, 15) is 9.59 Å². The Morgan fingerprint density at radius 2 is 1.80 bits per heavy atom. The number of rotatable bonds is 7. The SMILES string of the molecule is CCC1NC(=O)C(CC)(CC)N(CCCC(C)C)C1=O. The normalized spacial score (nSPS) is 22.3. The standard InChI is InChI=1S/C16H30N2O2/c1-6-13-14(19)18(11-9-10-12(4)5)16(7-2,8-3)15(20)17-13/h12-13H,6-11H2,1-5H3,(H,17,20). The lowest BCUT2D eigenvalue weighted by atomic mass is 9.85. The first-order valence-electron chi connectivity index (χ1n) is 8.05. The van der Waals surface area contributed by atoms with E-state index < -0.39 is 5.54 Å². The van der Waals surface area contributed by atoms with E-state index in [-0.39, 0.29) is 17.9 Å². The molecule has 4 nitrogen and oxygen atoms in total. The van der Waals surface area contributed by atoms with E-state index in [0.29, 0.717) is 31.7 Å². The Balaban J connectivity index is 2.94. The summed E-state index contributed by atoms with van der Waals surface area (Å²) in [6, 6.07) is -0.340. The van der Waals surface area contributed by atoms with Gasteiger partial charge in [0.15, 0.2) is 0 Å². The van der Waals surface area contributed by atoms with Crippen molar-refractivity contribution < 1.29 is 9.59 Å². The lowest BCUT2D eigenvalue weighted by Crippen LogP contribution is -2.70. The summed E-state index contributed by atoms with van der Waals surface area (Å²) in [5.74, 6) is 0.751. The lowest BCUT2D eigenvalue weighted by molar-refractivity contribution is -0.158. The van der Waals surface area contributed by atoms with Crippen LogP contribution in [0.2, 0.25) is 0 Å². The molecule has 1 unspecified atom stereocenters. The predicted octanol–water partition coefficient (Wildman–Crippen LogP) is 2.72. The Kier molecular flexibility index (Phi) is 6.03. The van der Waals surface area contributed by atoms with Gasteiger partial charge in [-0.1, -0.05) is 34.6 Å². The Hall–Kier alpha value is -1.06. The van der Waals surface area contributed by atoms with Crippen molar-refractivity contribution >= 4 is 11.8 Å². The monoisotopic (exact) mass is 282 g/mol. The van der Waals surface area contributed by atoms with Crippen LogP contribution in [0, 0.1) is 5.92 Å². The molecule has 2 amide bonds. The number of hydrogen-bond acceptors (Lipinski definition) is 2. The second kappa shape index (κ2) is 7.09. The van der Waals surface area contributed by atoms with E-state index in [4.69, 9.17) is 0 Å². The molecule has 1 atom stereocenters. The van der Waals surface area contributed by atoms with Gasteiger partial charge in [0, 0.05) is 6.54 Å². The number of nitrogens with one attached hydrogen (secondary N) is 1. The number of nitrogens with zero attached hydrogens (tertiary/aromatic N) is 1. The molecule has 4 heteroatoms. The first kappa shape index (κ1) is 17.0. The van der Waals surface area contributed by atoms with Gasteiger partial charge in [0.25, 0.3) is 0 Å². The zero-order valence-corrected chi connectivity index (χ0v) is 13.7. The highest BCUT2D eigenvalue weighted by Crippen LogP contribution is 2.30. The van der Waals surface area contributed by atoms with E-state index in [1.165, 1.54) is 0 Å². The summed E-state index contributed by atoms with van der Waals surface area (Å²) in [6.07, 6.45) is 4.08. The molecular weight excluding hydrogens is 252 g/mol. The van der Waals surface area contributed by atoms with Crippen LogP contribution in [0.1, 0.15) is 66.7 Å². The molecule has 0 aliphatic carbocycles.